The fraction of sp³-hybridized carbons (Fsp3) is 0.519. The Hall–Kier alpha value is -2.61. The summed E-state index contributed by atoms with van der Waals surface area (Å²) in [6.07, 6.45) is 0. The van der Waals surface area contributed by atoms with Crippen molar-refractivity contribution in [3.05, 3.63) is 59.7 Å². The molecule has 1 fully saturated rings. The van der Waals surface area contributed by atoms with Crippen LogP contribution in [0.5, 0.6) is 5.75 Å². The quantitative estimate of drug-likeness (QED) is 0.476. The summed E-state index contributed by atoms with van der Waals surface area (Å²) in [5.41, 5.74) is 3.68. The second-order valence-electron chi connectivity index (χ2n) is 9.13. The van der Waals surface area contributed by atoms with Gasteiger partial charge in [0.05, 0.1) is 13.7 Å². The summed E-state index contributed by atoms with van der Waals surface area (Å²) in [4.78, 5) is 19.2. The molecule has 7 nitrogen and oxygen atoms in total. The van der Waals surface area contributed by atoms with E-state index >= 15 is 0 Å². The van der Waals surface area contributed by atoms with Crippen molar-refractivity contribution in [1.82, 2.24) is 9.80 Å². The van der Waals surface area contributed by atoms with Gasteiger partial charge in [0.2, 0.25) is 5.91 Å². The van der Waals surface area contributed by atoms with Crippen molar-refractivity contribution in [2.75, 3.05) is 79.7 Å². The summed E-state index contributed by atoms with van der Waals surface area (Å²) in [5.74, 6) is 1.44. The van der Waals surface area contributed by atoms with Crippen molar-refractivity contribution in [3.8, 4) is 5.75 Å². The summed E-state index contributed by atoms with van der Waals surface area (Å²) in [5, 5.41) is 0. The number of para-hydroxylation sites is 1. The second-order valence-corrected chi connectivity index (χ2v) is 9.13. The van der Waals surface area contributed by atoms with E-state index in [1.165, 1.54) is 16.8 Å². The van der Waals surface area contributed by atoms with Gasteiger partial charge in [0, 0.05) is 72.6 Å². The van der Waals surface area contributed by atoms with E-state index in [9.17, 15) is 4.79 Å². The zero-order valence-electron chi connectivity index (χ0n) is 21.2. The van der Waals surface area contributed by atoms with Crippen molar-refractivity contribution in [1.29, 1.82) is 0 Å². The van der Waals surface area contributed by atoms with E-state index in [-0.39, 0.29) is 24.3 Å². The zero-order chi connectivity index (χ0) is 24.5. The lowest BCUT2D eigenvalue weighted by atomic mass is 9.88. The average molecular weight is 470 g/mol. The van der Waals surface area contributed by atoms with Gasteiger partial charge in [-0.2, -0.15) is 0 Å². The van der Waals surface area contributed by atoms with Crippen molar-refractivity contribution in [2.24, 2.45) is 5.92 Å². The van der Waals surface area contributed by atoms with E-state index in [0.29, 0.717) is 19.7 Å². The number of amides is 1. The van der Waals surface area contributed by atoms with Gasteiger partial charge in [-0.25, -0.2) is 0 Å². The summed E-state index contributed by atoms with van der Waals surface area (Å²) >= 11 is 0. The number of benzene rings is 2. The maximum Gasteiger partial charge on any atom is 0.248 e. The van der Waals surface area contributed by atoms with Gasteiger partial charge >= 0.3 is 0 Å². The molecule has 0 aromatic heterocycles. The molecule has 1 aliphatic heterocycles. The van der Waals surface area contributed by atoms with Gasteiger partial charge < -0.3 is 24.0 Å². The molecule has 34 heavy (non-hydrogen) atoms. The van der Waals surface area contributed by atoms with Crippen LogP contribution in [0, 0.1) is 5.92 Å². The monoisotopic (exact) mass is 469 g/mol. The predicted octanol–water partition coefficient (Wildman–Crippen LogP) is 3.10. The molecule has 0 radical (unpaired) electrons. The SMILES string of the molecule is COCCN(C[C@@H]1CN(Cc2ccc(N(C)C)cc2)C[C@H]1c1ccccc1OC)C(=O)COC. The third kappa shape index (κ3) is 6.72. The Bertz CT molecular complexity index is 903. The Kier molecular flexibility index (Phi) is 9.74. The van der Waals surface area contributed by atoms with E-state index in [1.807, 2.05) is 17.0 Å². The van der Waals surface area contributed by atoms with Crippen LogP contribution in [-0.4, -0.2) is 90.5 Å². The smallest absolute Gasteiger partial charge is 0.248 e. The number of carbonyl (C=O) groups is 1. The Balaban J connectivity index is 1.82. The van der Waals surface area contributed by atoms with Gasteiger partial charge in [-0.05, 0) is 35.2 Å². The lowest BCUT2D eigenvalue weighted by Gasteiger charge is -2.29. The van der Waals surface area contributed by atoms with E-state index in [1.54, 1.807) is 21.3 Å². The van der Waals surface area contributed by atoms with Gasteiger partial charge in [-0.15, -0.1) is 0 Å². The van der Waals surface area contributed by atoms with E-state index in [4.69, 9.17) is 14.2 Å². The Morgan fingerprint density at radius 3 is 2.38 bits per heavy atom. The highest BCUT2D eigenvalue weighted by Gasteiger charge is 2.37. The van der Waals surface area contributed by atoms with Crippen LogP contribution >= 0.6 is 0 Å². The molecule has 1 amide bonds. The van der Waals surface area contributed by atoms with Crippen LogP contribution < -0.4 is 9.64 Å². The standard InChI is InChI=1S/C27H39N3O4/c1-28(2)23-12-10-21(11-13-23)16-29-17-22(18-30(14-15-32-3)27(31)20-33-4)25(19-29)24-8-6-7-9-26(24)34-5/h6-13,22,25H,14-20H2,1-5H3/t22-,25+/m0/s1. The zero-order valence-corrected chi connectivity index (χ0v) is 21.2. The molecule has 0 saturated carbocycles. The number of hydrogen-bond acceptors (Lipinski definition) is 6. The van der Waals surface area contributed by atoms with Crippen LogP contribution in [0.4, 0.5) is 5.69 Å². The lowest BCUT2D eigenvalue weighted by Crippen LogP contribution is -2.41. The van der Waals surface area contributed by atoms with Crippen LogP contribution in [0.1, 0.15) is 17.0 Å². The maximum absolute atomic E-state index is 12.8. The fourth-order valence-corrected chi connectivity index (χ4v) is 4.77. The molecule has 1 aliphatic rings. The minimum Gasteiger partial charge on any atom is -0.496 e. The topological polar surface area (TPSA) is 54.5 Å². The van der Waals surface area contributed by atoms with Crippen molar-refractivity contribution in [3.63, 3.8) is 0 Å². The van der Waals surface area contributed by atoms with Gasteiger partial charge in [0.1, 0.15) is 12.4 Å². The van der Waals surface area contributed by atoms with Crippen LogP contribution in [0.25, 0.3) is 0 Å². The largest absolute Gasteiger partial charge is 0.496 e. The molecule has 3 rings (SSSR count). The predicted molar refractivity (Wildman–Crippen MR) is 136 cm³/mol. The Labute approximate surface area is 204 Å². The molecule has 0 unspecified atom stereocenters. The summed E-state index contributed by atoms with van der Waals surface area (Å²) in [6, 6.07) is 17.0. The first-order chi connectivity index (χ1) is 16.5. The average Bonchev–Trinajstić information content (AvgIpc) is 3.23. The molecule has 2 aromatic rings. The van der Waals surface area contributed by atoms with Gasteiger partial charge in [-0.3, -0.25) is 9.69 Å². The van der Waals surface area contributed by atoms with Crippen molar-refractivity contribution < 1.29 is 19.0 Å². The highest BCUT2D eigenvalue weighted by atomic mass is 16.5. The number of ether oxygens (including phenoxy) is 3. The molecule has 0 aliphatic carbocycles. The van der Waals surface area contributed by atoms with Crippen molar-refractivity contribution >= 4 is 11.6 Å². The molecule has 2 atom stereocenters. The molecule has 1 saturated heterocycles. The Morgan fingerprint density at radius 1 is 1.00 bits per heavy atom. The van der Waals surface area contributed by atoms with Gasteiger partial charge in [-0.1, -0.05) is 30.3 Å². The van der Waals surface area contributed by atoms with Gasteiger partial charge in [0.15, 0.2) is 0 Å². The van der Waals surface area contributed by atoms with E-state index < -0.39 is 0 Å². The molecule has 2 aromatic carbocycles. The number of carbonyl (C=O) groups excluding carboxylic acids is 1. The van der Waals surface area contributed by atoms with Crippen molar-refractivity contribution in [2.45, 2.75) is 12.5 Å². The number of rotatable bonds is 12. The maximum atomic E-state index is 12.8. The number of methoxy groups -OCH3 is 3. The summed E-state index contributed by atoms with van der Waals surface area (Å²) in [7, 11) is 9.05. The second kappa shape index (κ2) is 12.7. The normalized spacial score (nSPS) is 18.1. The molecule has 1 heterocycles. The first-order valence-corrected chi connectivity index (χ1v) is 11.8. The number of likely N-dealkylation sites (tertiary alicyclic amines) is 1. The minimum absolute atomic E-state index is 0.00366. The fourth-order valence-electron chi connectivity index (χ4n) is 4.77. The summed E-state index contributed by atoms with van der Waals surface area (Å²) < 4.78 is 16.1. The molecule has 186 valence electrons. The third-order valence-corrected chi connectivity index (χ3v) is 6.55. The summed E-state index contributed by atoms with van der Waals surface area (Å²) in [6.45, 7) is 4.49. The highest BCUT2D eigenvalue weighted by Crippen LogP contribution is 2.38. The first-order valence-electron chi connectivity index (χ1n) is 11.8. The van der Waals surface area contributed by atoms with E-state index in [2.05, 4.69) is 60.3 Å². The highest BCUT2D eigenvalue weighted by molar-refractivity contribution is 5.77. The molecule has 7 heteroatoms. The van der Waals surface area contributed by atoms with Crippen LogP contribution in [0.2, 0.25) is 0 Å². The van der Waals surface area contributed by atoms with Crippen LogP contribution in [0.3, 0.4) is 0 Å². The first kappa shape index (κ1) is 26.0. The van der Waals surface area contributed by atoms with Crippen LogP contribution in [0.15, 0.2) is 48.5 Å². The number of nitrogens with zero attached hydrogens (tertiary/aromatic N) is 3. The molecular weight excluding hydrogens is 430 g/mol. The number of anilines is 1. The Morgan fingerprint density at radius 2 is 1.74 bits per heavy atom. The molecule has 0 spiro atoms. The van der Waals surface area contributed by atoms with Gasteiger partial charge in [0.25, 0.3) is 0 Å². The molecular formula is C27H39N3O4. The van der Waals surface area contributed by atoms with Crippen LogP contribution in [-0.2, 0) is 20.8 Å². The third-order valence-electron chi connectivity index (χ3n) is 6.55. The number of hydrogen-bond donors (Lipinski definition) is 0. The van der Waals surface area contributed by atoms with E-state index in [0.717, 1.165) is 25.4 Å². The molecule has 0 N–H and O–H groups in total. The lowest BCUT2D eigenvalue weighted by molar-refractivity contribution is -0.136. The molecule has 0 bridgehead atoms. The minimum atomic E-state index is -0.00366.